The van der Waals surface area contributed by atoms with Gasteiger partial charge in [0.25, 0.3) is 5.91 Å². The van der Waals surface area contributed by atoms with Crippen molar-refractivity contribution >= 4 is 23.6 Å². The van der Waals surface area contributed by atoms with Crippen LogP contribution in [0.2, 0.25) is 0 Å². The lowest BCUT2D eigenvalue weighted by atomic mass is 10.0. The minimum absolute atomic E-state index is 0.000840. The second-order valence-electron chi connectivity index (χ2n) is 7.52. The van der Waals surface area contributed by atoms with E-state index in [4.69, 9.17) is 4.74 Å². The number of amides is 1. The number of nitrogens with zero attached hydrogens (tertiary/aromatic N) is 1. The Hall–Kier alpha value is -1.49. The number of carbonyl (C=O) groups excluding carboxylic acids is 2. The number of ether oxygens (including phenoxy) is 1. The van der Waals surface area contributed by atoms with Gasteiger partial charge in [0, 0.05) is 11.3 Å². The molecule has 0 unspecified atom stereocenters. The number of thioether (sulfide) groups is 1. The van der Waals surface area contributed by atoms with Gasteiger partial charge in [-0.15, -0.1) is 11.8 Å². The van der Waals surface area contributed by atoms with Crippen molar-refractivity contribution in [3.63, 3.8) is 0 Å². The Labute approximate surface area is 168 Å². The van der Waals surface area contributed by atoms with Crippen LogP contribution in [0.25, 0.3) is 0 Å². The Balaban J connectivity index is 2.14. The van der Waals surface area contributed by atoms with Gasteiger partial charge in [0.2, 0.25) is 0 Å². The molecule has 0 aliphatic carbocycles. The monoisotopic (exact) mass is 391 g/mol. The summed E-state index contributed by atoms with van der Waals surface area (Å²) in [6.45, 7) is 8.76. The highest BCUT2D eigenvalue weighted by atomic mass is 32.2. The molecule has 150 valence electrons. The number of esters is 1. The summed E-state index contributed by atoms with van der Waals surface area (Å²) in [6.07, 6.45) is 5.43. The molecule has 1 aromatic rings. The SMILES string of the molecule is CCCCCc1ccc(C(=O)N2[C@@H](C(=O)OCCC)CS[C@@H]2C(C)C)cc1. The summed E-state index contributed by atoms with van der Waals surface area (Å²) in [7, 11) is 0. The quantitative estimate of drug-likeness (QED) is 0.443. The van der Waals surface area contributed by atoms with Crippen LogP contribution in [-0.4, -0.2) is 40.6 Å². The molecule has 4 nitrogen and oxygen atoms in total. The first-order chi connectivity index (χ1) is 13.0. The molecule has 5 heteroatoms. The summed E-state index contributed by atoms with van der Waals surface area (Å²) < 4.78 is 5.35. The molecular formula is C22H33NO3S. The van der Waals surface area contributed by atoms with Crippen LogP contribution in [0.3, 0.4) is 0 Å². The van der Waals surface area contributed by atoms with Gasteiger partial charge in [-0.3, -0.25) is 4.79 Å². The van der Waals surface area contributed by atoms with Crippen molar-refractivity contribution in [3.05, 3.63) is 35.4 Å². The van der Waals surface area contributed by atoms with Crippen LogP contribution in [0.15, 0.2) is 24.3 Å². The highest BCUT2D eigenvalue weighted by Crippen LogP contribution is 2.35. The Morgan fingerprint density at radius 2 is 1.85 bits per heavy atom. The fourth-order valence-corrected chi connectivity index (χ4v) is 4.79. The largest absolute Gasteiger partial charge is 0.464 e. The molecule has 0 aromatic heterocycles. The van der Waals surface area contributed by atoms with E-state index in [0.717, 1.165) is 12.8 Å². The number of unbranched alkanes of at least 4 members (excludes halogenated alkanes) is 2. The summed E-state index contributed by atoms with van der Waals surface area (Å²) in [4.78, 5) is 27.5. The molecule has 1 heterocycles. The standard InChI is InChI=1S/C22H33NO3S/c1-5-7-8-9-17-10-12-18(13-11-17)20(24)23-19(22(25)26-14-6-2)15-27-21(23)16(3)4/h10-13,16,19,21H,5-9,14-15H2,1-4H3/t19-,21-/m1/s1. The predicted octanol–water partition coefficient (Wildman–Crippen LogP) is 4.91. The van der Waals surface area contributed by atoms with Crippen molar-refractivity contribution in [1.82, 2.24) is 4.90 Å². The molecule has 0 saturated carbocycles. The summed E-state index contributed by atoms with van der Waals surface area (Å²) in [5.41, 5.74) is 1.91. The molecule has 27 heavy (non-hydrogen) atoms. The maximum absolute atomic E-state index is 13.2. The maximum Gasteiger partial charge on any atom is 0.329 e. The van der Waals surface area contributed by atoms with E-state index in [1.807, 2.05) is 31.2 Å². The molecule has 1 amide bonds. The molecule has 1 saturated heterocycles. The first-order valence-electron chi connectivity index (χ1n) is 10.2. The summed E-state index contributed by atoms with van der Waals surface area (Å²) in [6, 6.07) is 7.39. The Kier molecular flexibility index (Phi) is 8.68. The molecular weight excluding hydrogens is 358 g/mol. The molecule has 1 aliphatic heterocycles. The zero-order valence-corrected chi connectivity index (χ0v) is 17.9. The van der Waals surface area contributed by atoms with E-state index in [0.29, 0.717) is 17.9 Å². The third-order valence-corrected chi connectivity index (χ3v) is 6.45. The first-order valence-corrected chi connectivity index (χ1v) is 11.2. The smallest absolute Gasteiger partial charge is 0.329 e. The topological polar surface area (TPSA) is 46.6 Å². The molecule has 0 radical (unpaired) electrons. The number of hydrogen-bond donors (Lipinski definition) is 0. The lowest BCUT2D eigenvalue weighted by Gasteiger charge is -2.30. The van der Waals surface area contributed by atoms with Crippen molar-refractivity contribution in [2.45, 2.75) is 71.2 Å². The molecule has 2 atom stereocenters. The van der Waals surface area contributed by atoms with Gasteiger partial charge in [0.05, 0.1) is 12.0 Å². The third-order valence-electron chi connectivity index (χ3n) is 4.83. The van der Waals surface area contributed by atoms with Crippen LogP contribution in [0.1, 0.15) is 69.3 Å². The van der Waals surface area contributed by atoms with Gasteiger partial charge in [-0.05, 0) is 42.9 Å². The van der Waals surface area contributed by atoms with Crippen molar-refractivity contribution in [2.24, 2.45) is 5.92 Å². The number of aryl methyl sites for hydroxylation is 1. The normalized spacial score (nSPS) is 19.5. The molecule has 1 aromatic carbocycles. The average molecular weight is 392 g/mol. The number of carbonyl (C=O) groups is 2. The zero-order valence-electron chi connectivity index (χ0n) is 17.1. The fourth-order valence-electron chi connectivity index (χ4n) is 3.32. The van der Waals surface area contributed by atoms with Crippen molar-refractivity contribution in [1.29, 1.82) is 0 Å². The van der Waals surface area contributed by atoms with Gasteiger partial charge in [0.15, 0.2) is 0 Å². The first kappa shape index (κ1) is 21.8. The van der Waals surface area contributed by atoms with Crippen LogP contribution < -0.4 is 0 Å². The Morgan fingerprint density at radius 3 is 2.44 bits per heavy atom. The lowest BCUT2D eigenvalue weighted by Crippen LogP contribution is -2.47. The molecule has 2 rings (SSSR count). The zero-order chi connectivity index (χ0) is 19.8. The molecule has 0 spiro atoms. The molecule has 0 N–H and O–H groups in total. The van der Waals surface area contributed by atoms with E-state index >= 15 is 0 Å². The minimum atomic E-state index is -0.495. The van der Waals surface area contributed by atoms with Crippen molar-refractivity contribution in [3.8, 4) is 0 Å². The van der Waals surface area contributed by atoms with Crippen LogP contribution in [0, 0.1) is 5.92 Å². The Bertz CT molecular complexity index is 614. The highest BCUT2D eigenvalue weighted by molar-refractivity contribution is 8.00. The highest BCUT2D eigenvalue weighted by Gasteiger charge is 2.43. The summed E-state index contributed by atoms with van der Waals surface area (Å²) >= 11 is 1.67. The van der Waals surface area contributed by atoms with Gasteiger partial charge in [0.1, 0.15) is 6.04 Å². The van der Waals surface area contributed by atoms with Crippen LogP contribution in [0.5, 0.6) is 0 Å². The number of benzene rings is 1. The summed E-state index contributed by atoms with van der Waals surface area (Å²) in [5.74, 6) is 0.525. The molecule has 0 bridgehead atoms. The van der Waals surface area contributed by atoms with Crippen molar-refractivity contribution in [2.75, 3.05) is 12.4 Å². The maximum atomic E-state index is 13.2. The van der Waals surface area contributed by atoms with Gasteiger partial charge in [-0.2, -0.15) is 0 Å². The van der Waals surface area contributed by atoms with Gasteiger partial charge in [-0.25, -0.2) is 4.79 Å². The van der Waals surface area contributed by atoms with E-state index in [1.54, 1.807) is 16.7 Å². The Morgan fingerprint density at radius 1 is 1.15 bits per heavy atom. The van der Waals surface area contributed by atoms with Crippen LogP contribution >= 0.6 is 11.8 Å². The lowest BCUT2D eigenvalue weighted by molar-refractivity contribution is -0.148. The number of hydrogen-bond acceptors (Lipinski definition) is 4. The van der Waals surface area contributed by atoms with Crippen molar-refractivity contribution < 1.29 is 14.3 Å². The van der Waals surface area contributed by atoms with E-state index in [-0.39, 0.29) is 23.2 Å². The fraction of sp³-hybridized carbons (Fsp3) is 0.636. The van der Waals surface area contributed by atoms with Crippen LogP contribution in [-0.2, 0) is 16.0 Å². The van der Waals surface area contributed by atoms with E-state index in [9.17, 15) is 9.59 Å². The van der Waals surface area contributed by atoms with E-state index < -0.39 is 6.04 Å². The minimum Gasteiger partial charge on any atom is -0.464 e. The second-order valence-corrected chi connectivity index (χ2v) is 8.67. The predicted molar refractivity (Wildman–Crippen MR) is 112 cm³/mol. The molecule has 1 aliphatic rings. The average Bonchev–Trinajstić information content (AvgIpc) is 3.12. The van der Waals surface area contributed by atoms with Crippen LogP contribution in [0.4, 0.5) is 0 Å². The van der Waals surface area contributed by atoms with E-state index in [1.165, 1.54) is 24.8 Å². The third kappa shape index (κ3) is 5.74. The summed E-state index contributed by atoms with van der Waals surface area (Å²) in [5, 5.41) is 0.000840. The molecule has 1 fully saturated rings. The van der Waals surface area contributed by atoms with Gasteiger partial charge < -0.3 is 9.64 Å². The van der Waals surface area contributed by atoms with Gasteiger partial charge in [-0.1, -0.05) is 52.7 Å². The number of rotatable bonds is 9. The van der Waals surface area contributed by atoms with Gasteiger partial charge >= 0.3 is 5.97 Å². The second kappa shape index (κ2) is 10.7. The van der Waals surface area contributed by atoms with E-state index in [2.05, 4.69) is 20.8 Å².